The number of nitrogens with zero attached hydrogens (tertiary/aromatic N) is 3. The number of hydroxylamine groups is 1. The Labute approximate surface area is 255 Å². The normalized spacial score (nSPS) is 15.5. The maximum Gasteiger partial charge on any atom is 0.490 e. The third kappa shape index (κ3) is 8.84. The number of hydrogen-bond acceptors (Lipinski definition) is 9. The smallest absolute Gasteiger partial charge is 0.475 e. The van der Waals surface area contributed by atoms with Crippen molar-refractivity contribution < 1.29 is 50.6 Å². The maximum atomic E-state index is 15.1. The summed E-state index contributed by atoms with van der Waals surface area (Å²) in [6.07, 6.45) is -2.40. The number of morpholine rings is 1. The highest BCUT2D eigenvalue weighted by atomic mass is 32.2. The molecule has 45 heavy (non-hydrogen) atoms. The van der Waals surface area contributed by atoms with Crippen molar-refractivity contribution in [2.45, 2.75) is 37.2 Å². The van der Waals surface area contributed by atoms with Gasteiger partial charge in [0, 0.05) is 38.0 Å². The first-order valence-electron chi connectivity index (χ1n) is 13.5. The molecule has 1 atom stereocenters. The second kappa shape index (κ2) is 14.4. The van der Waals surface area contributed by atoms with Crippen molar-refractivity contribution in [3.05, 3.63) is 64.5 Å². The van der Waals surface area contributed by atoms with Crippen LogP contribution < -0.4 is 11.0 Å². The van der Waals surface area contributed by atoms with E-state index >= 15 is 4.39 Å². The molecule has 2 aromatic carbocycles. The number of carbonyl (C=O) groups excluding carboxylic acids is 1. The third-order valence-corrected chi connectivity index (χ3v) is 9.50. The first-order chi connectivity index (χ1) is 21.0. The fraction of sp³-hybridized carbons (Fsp3) is 0.429. The molecule has 0 bridgehead atoms. The standard InChI is InChI=1S/C26H31FN4O6S.C2HF3O2/c1-26(25(33)29-34,38(2,35)36)8-10-31-17-28-23-16-20(22(27)15-21(23)24(31)32)19-5-3-18(4-6-19)7-9-30-11-13-37-14-12-30;3-2(4,5)1(6)7/h3-6,15-17,34H,7-14H2,1-2H3,(H,29,33);(H,6,7)/t26-;/m1./s1. The minimum absolute atomic E-state index is 0.0311. The Morgan fingerprint density at radius 1 is 1.09 bits per heavy atom. The van der Waals surface area contributed by atoms with E-state index in [1.807, 2.05) is 24.3 Å². The first kappa shape index (κ1) is 35.5. The summed E-state index contributed by atoms with van der Waals surface area (Å²) in [4.78, 5) is 40.6. The van der Waals surface area contributed by atoms with Gasteiger partial charge in [-0.05, 0) is 43.0 Å². The molecule has 1 aliphatic heterocycles. The van der Waals surface area contributed by atoms with Gasteiger partial charge < -0.3 is 9.84 Å². The molecule has 1 fully saturated rings. The number of benzene rings is 2. The molecule has 3 N–H and O–H groups in total. The summed E-state index contributed by atoms with van der Waals surface area (Å²) in [6.45, 7) is 5.24. The molecule has 0 unspecified atom stereocenters. The van der Waals surface area contributed by atoms with Crippen LogP contribution in [0.1, 0.15) is 18.9 Å². The number of rotatable bonds is 9. The fourth-order valence-corrected chi connectivity index (χ4v) is 5.29. The van der Waals surface area contributed by atoms with Crippen LogP contribution in [0.5, 0.6) is 0 Å². The van der Waals surface area contributed by atoms with E-state index < -0.39 is 44.0 Å². The number of carboxylic acid groups (broad SMARTS) is 1. The first-order valence-corrected chi connectivity index (χ1v) is 15.4. The molecule has 3 aromatic rings. The number of hydrogen-bond donors (Lipinski definition) is 3. The summed E-state index contributed by atoms with van der Waals surface area (Å²) in [7, 11) is -3.93. The Kier molecular flexibility index (Phi) is 11.4. The Morgan fingerprint density at radius 2 is 1.69 bits per heavy atom. The molecule has 0 radical (unpaired) electrons. The number of sulfone groups is 1. The quantitative estimate of drug-likeness (QED) is 0.176. The molecule has 1 aliphatic rings. The molecular formula is C28H32F4N4O8S. The van der Waals surface area contributed by atoms with Crippen LogP contribution in [0, 0.1) is 5.82 Å². The Hall–Kier alpha value is -3.93. The average Bonchev–Trinajstić information content (AvgIpc) is 2.99. The van der Waals surface area contributed by atoms with Gasteiger partial charge in [0.25, 0.3) is 11.5 Å². The van der Waals surface area contributed by atoms with Gasteiger partial charge in [0.15, 0.2) is 14.6 Å². The predicted octanol–water partition coefficient (Wildman–Crippen LogP) is 2.41. The number of alkyl halides is 3. The molecule has 0 aliphatic carbocycles. The van der Waals surface area contributed by atoms with E-state index in [4.69, 9.17) is 19.8 Å². The van der Waals surface area contributed by atoms with E-state index in [0.717, 1.165) is 68.6 Å². The Balaban J connectivity index is 0.000000707. The molecule has 17 heteroatoms. The predicted molar refractivity (Wildman–Crippen MR) is 154 cm³/mol. The lowest BCUT2D eigenvalue weighted by Gasteiger charge is -2.26. The SMILES string of the molecule is C[C@@](CCn1cnc2cc(-c3ccc(CCN4CCOCC4)cc3)c(F)cc2c1=O)(C(=O)NO)S(C)(=O)=O.O=C(O)C(F)(F)F. The molecule has 246 valence electrons. The topological polar surface area (TPSA) is 168 Å². The molecule has 0 saturated carbocycles. The van der Waals surface area contributed by atoms with Gasteiger partial charge in [-0.1, -0.05) is 24.3 Å². The van der Waals surface area contributed by atoms with Crippen molar-refractivity contribution >= 4 is 32.6 Å². The van der Waals surface area contributed by atoms with E-state index in [1.54, 1.807) is 0 Å². The fourth-order valence-electron chi connectivity index (χ4n) is 4.44. The van der Waals surface area contributed by atoms with Crippen molar-refractivity contribution in [1.29, 1.82) is 0 Å². The number of nitrogens with one attached hydrogen (secondary N) is 1. The zero-order chi connectivity index (χ0) is 33.6. The van der Waals surface area contributed by atoms with Crippen LogP contribution in [0.3, 0.4) is 0 Å². The van der Waals surface area contributed by atoms with Crippen LogP contribution in [0.15, 0.2) is 47.5 Å². The monoisotopic (exact) mass is 660 g/mol. The number of amides is 1. The zero-order valence-electron chi connectivity index (χ0n) is 24.3. The van der Waals surface area contributed by atoms with Crippen molar-refractivity contribution in [3.8, 4) is 11.1 Å². The molecule has 12 nitrogen and oxygen atoms in total. The number of aliphatic carboxylic acids is 1. The Bertz CT molecular complexity index is 1690. The summed E-state index contributed by atoms with van der Waals surface area (Å²) in [5, 5.41) is 16.1. The van der Waals surface area contributed by atoms with Gasteiger partial charge in [0.2, 0.25) is 0 Å². The van der Waals surface area contributed by atoms with Gasteiger partial charge in [-0.25, -0.2) is 28.1 Å². The number of ether oxygens (including phenoxy) is 1. The number of fused-ring (bicyclic) bond motifs is 1. The van der Waals surface area contributed by atoms with E-state index in [1.165, 1.54) is 17.9 Å². The largest absolute Gasteiger partial charge is 0.490 e. The summed E-state index contributed by atoms with van der Waals surface area (Å²) in [5.41, 5.74) is 3.20. The molecule has 0 spiro atoms. The number of carbonyl (C=O) groups is 2. The van der Waals surface area contributed by atoms with Gasteiger partial charge in [-0.2, -0.15) is 13.2 Å². The highest BCUT2D eigenvalue weighted by Crippen LogP contribution is 2.27. The van der Waals surface area contributed by atoms with E-state index in [2.05, 4.69) is 9.88 Å². The highest BCUT2D eigenvalue weighted by molar-refractivity contribution is 7.92. The van der Waals surface area contributed by atoms with Crippen molar-refractivity contribution in [2.75, 3.05) is 39.1 Å². The van der Waals surface area contributed by atoms with Crippen molar-refractivity contribution in [2.24, 2.45) is 0 Å². The zero-order valence-corrected chi connectivity index (χ0v) is 25.1. The summed E-state index contributed by atoms with van der Waals surface area (Å²) in [6, 6.07) is 10.3. The van der Waals surface area contributed by atoms with Crippen LogP contribution in [0.25, 0.3) is 22.0 Å². The van der Waals surface area contributed by atoms with Crippen LogP contribution >= 0.6 is 0 Å². The summed E-state index contributed by atoms with van der Waals surface area (Å²) >= 11 is 0. The van der Waals surface area contributed by atoms with Gasteiger partial charge in [0.05, 0.1) is 30.4 Å². The number of aromatic nitrogens is 2. The Morgan fingerprint density at radius 3 is 2.22 bits per heavy atom. The second-order valence-electron chi connectivity index (χ2n) is 10.5. The molecular weight excluding hydrogens is 628 g/mol. The van der Waals surface area contributed by atoms with Crippen LogP contribution in [-0.4, -0.2) is 95.1 Å². The van der Waals surface area contributed by atoms with E-state index in [-0.39, 0.29) is 23.9 Å². The van der Waals surface area contributed by atoms with Crippen LogP contribution in [0.4, 0.5) is 17.6 Å². The lowest BCUT2D eigenvalue weighted by Crippen LogP contribution is -2.50. The molecule has 1 saturated heterocycles. The van der Waals surface area contributed by atoms with E-state index in [0.29, 0.717) is 11.1 Å². The average molecular weight is 661 g/mol. The maximum absolute atomic E-state index is 15.1. The van der Waals surface area contributed by atoms with E-state index in [9.17, 15) is 31.2 Å². The highest BCUT2D eigenvalue weighted by Gasteiger charge is 2.43. The van der Waals surface area contributed by atoms with Gasteiger partial charge in [0.1, 0.15) is 5.82 Å². The van der Waals surface area contributed by atoms with Gasteiger partial charge in [-0.15, -0.1) is 0 Å². The van der Waals surface area contributed by atoms with Crippen LogP contribution in [0.2, 0.25) is 0 Å². The second-order valence-corrected chi connectivity index (χ2v) is 12.9. The molecule has 4 rings (SSSR count). The van der Waals surface area contributed by atoms with Gasteiger partial charge >= 0.3 is 12.1 Å². The summed E-state index contributed by atoms with van der Waals surface area (Å²) in [5.74, 6) is -4.45. The van der Waals surface area contributed by atoms with Crippen LogP contribution in [-0.2, 0) is 37.1 Å². The molecule has 1 aromatic heterocycles. The van der Waals surface area contributed by atoms with Crippen molar-refractivity contribution in [1.82, 2.24) is 19.9 Å². The lowest BCUT2D eigenvalue weighted by molar-refractivity contribution is -0.192. The number of carboxylic acids is 1. The molecule has 2 heterocycles. The third-order valence-electron chi connectivity index (χ3n) is 7.47. The minimum atomic E-state index is -5.08. The minimum Gasteiger partial charge on any atom is -0.475 e. The molecule has 1 amide bonds. The number of aryl methyl sites for hydroxylation is 1. The number of halogens is 4. The van der Waals surface area contributed by atoms with Crippen molar-refractivity contribution in [3.63, 3.8) is 0 Å². The lowest BCUT2D eigenvalue weighted by atomic mass is 10.0. The summed E-state index contributed by atoms with van der Waals surface area (Å²) < 4.78 is 75.8. The van der Waals surface area contributed by atoms with Gasteiger partial charge in [-0.3, -0.25) is 24.3 Å².